The van der Waals surface area contributed by atoms with Gasteiger partial charge in [0.05, 0.1) is 11.3 Å². The van der Waals surface area contributed by atoms with Crippen LogP contribution in [0.5, 0.6) is 0 Å². The summed E-state index contributed by atoms with van der Waals surface area (Å²) in [7, 11) is 0. The highest BCUT2D eigenvalue weighted by atomic mass is 32.2. The highest BCUT2D eigenvalue weighted by molar-refractivity contribution is 8.03. The van der Waals surface area contributed by atoms with Crippen molar-refractivity contribution >= 4 is 29.7 Å². The van der Waals surface area contributed by atoms with Gasteiger partial charge >= 0.3 is 5.97 Å². The van der Waals surface area contributed by atoms with Gasteiger partial charge in [-0.15, -0.1) is 11.8 Å². The van der Waals surface area contributed by atoms with Gasteiger partial charge < -0.3 is 5.11 Å². The van der Waals surface area contributed by atoms with Crippen molar-refractivity contribution in [3.63, 3.8) is 0 Å². The molecule has 3 aliphatic heterocycles. The summed E-state index contributed by atoms with van der Waals surface area (Å²) in [6.45, 7) is 5.30. The van der Waals surface area contributed by atoms with Crippen LogP contribution in [-0.2, 0) is 22.6 Å². The van der Waals surface area contributed by atoms with E-state index in [1.807, 2.05) is 10.7 Å². The highest BCUT2D eigenvalue weighted by Gasteiger charge is 2.49. The maximum absolute atomic E-state index is 12.1. The molecule has 114 valence electrons. The Morgan fingerprint density at radius 2 is 2.32 bits per heavy atom. The lowest BCUT2D eigenvalue weighted by atomic mass is 9.91. The van der Waals surface area contributed by atoms with Crippen molar-refractivity contribution in [3.05, 3.63) is 34.1 Å². The molecule has 7 heteroatoms. The molecule has 0 spiro atoms. The fraction of sp³-hybridized carbons (Fsp3) is 0.400. The molecule has 4 heterocycles. The van der Waals surface area contributed by atoms with Gasteiger partial charge in [0.15, 0.2) is 0 Å². The van der Waals surface area contributed by atoms with Gasteiger partial charge in [0.1, 0.15) is 11.1 Å². The van der Waals surface area contributed by atoms with Crippen LogP contribution in [0.1, 0.15) is 25.2 Å². The zero-order valence-electron chi connectivity index (χ0n) is 12.2. The molecule has 0 radical (unpaired) electrons. The summed E-state index contributed by atoms with van der Waals surface area (Å²) in [5.41, 5.74) is 2.88. The van der Waals surface area contributed by atoms with Gasteiger partial charge in [-0.25, -0.2) is 4.79 Å². The Hall–Kier alpha value is -2.02. The monoisotopic (exact) mass is 317 g/mol. The molecule has 1 amide bonds. The van der Waals surface area contributed by atoms with Gasteiger partial charge in [-0.2, -0.15) is 5.10 Å². The number of hydrogen-bond donors (Lipinski definition) is 1. The molecule has 1 unspecified atom stereocenters. The minimum Gasteiger partial charge on any atom is -0.477 e. The van der Waals surface area contributed by atoms with Crippen LogP contribution in [0, 0.1) is 5.41 Å². The Bertz CT molecular complexity index is 749. The van der Waals surface area contributed by atoms with Crippen molar-refractivity contribution in [1.29, 1.82) is 0 Å². The van der Waals surface area contributed by atoms with E-state index in [1.54, 1.807) is 6.08 Å². The number of thioether (sulfide) groups is 1. The summed E-state index contributed by atoms with van der Waals surface area (Å²) in [6.07, 6.45) is 2.76. The third-order valence-corrected chi connectivity index (χ3v) is 5.26. The van der Waals surface area contributed by atoms with Crippen molar-refractivity contribution in [2.75, 3.05) is 0 Å². The molecule has 1 aromatic heterocycles. The first-order valence-corrected chi connectivity index (χ1v) is 8.01. The van der Waals surface area contributed by atoms with Crippen molar-refractivity contribution in [2.45, 2.75) is 32.2 Å². The number of carbonyl (C=O) groups is 2. The van der Waals surface area contributed by atoms with Gasteiger partial charge in [0.2, 0.25) is 0 Å². The molecule has 0 aliphatic carbocycles. The second kappa shape index (κ2) is 4.25. The normalized spacial score (nSPS) is 26.7. The molecule has 0 saturated carbocycles. The molecule has 1 N–H and O–H groups in total. The van der Waals surface area contributed by atoms with E-state index in [0.717, 1.165) is 18.7 Å². The molecule has 3 aliphatic rings. The van der Waals surface area contributed by atoms with Crippen molar-refractivity contribution in [1.82, 2.24) is 14.7 Å². The third-order valence-electron chi connectivity index (χ3n) is 4.18. The van der Waals surface area contributed by atoms with E-state index < -0.39 is 5.97 Å². The number of rotatable bonds is 2. The van der Waals surface area contributed by atoms with E-state index in [9.17, 15) is 9.59 Å². The number of hydrogen-bond acceptors (Lipinski definition) is 4. The minimum atomic E-state index is -1.06. The second-order valence-electron chi connectivity index (χ2n) is 6.63. The number of amides is 1. The predicted molar refractivity (Wildman–Crippen MR) is 81.6 cm³/mol. The van der Waals surface area contributed by atoms with E-state index in [1.165, 1.54) is 27.8 Å². The maximum Gasteiger partial charge on any atom is 0.353 e. The largest absolute Gasteiger partial charge is 0.477 e. The molecule has 1 aromatic rings. The summed E-state index contributed by atoms with van der Waals surface area (Å²) >= 11 is 1.35. The van der Waals surface area contributed by atoms with Crippen molar-refractivity contribution in [2.24, 2.45) is 5.41 Å². The van der Waals surface area contributed by atoms with Crippen LogP contribution in [0.4, 0.5) is 0 Å². The summed E-state index contributed by atoms with van der Waals surface area (Å²) in [6, 6.07) is 2.02. The Balaban J connectivity index is 1.57. The average molecular weight is 317 g/mol. The molecule has 0 bridgehead atoms. The van der Waals surface area contributed by atoms with Crippen LogP contribution < -0.4 is 0 Å². The molecule has 1 saturated heterocycles. The number of nitrogens with zero attached hydrogens (tertiary/aromatic N) is 3. The summed E-state index contributed by atoms with van der Waals surface area (Å²) < 4.78 is 2.00. The standard InChI is InChI=1S/C15H15N3O3S/c1-15(2)5-9-3-8(16-17(9)7-15)4-10-12(19)18-11(14(20)21)6-22-13(10)18/h3-4,6,13H,5,7H2,1-2H3,(H,20,21)/b10-4+. The van der Waals surface area contributed by atoms with Crippen LogP contribution in [-0.4, -0.2) is 37.0 Å². The van der Waals surface area contributed by atoms with Gasteiger partial charge in [-0.3, -0.25) is 14.4 Å². The molecular formula is C15H15N3O3S. The lowest BCUT2D eigenvalue weighted by Crippen LogP contribution is -2.51. The number of carboxylic acid groups (broad SMARTS) is 1. The third kappa shape index (κ3) is 1.85. The smallest absolute Gasteiger partial charge is 0.353 e. The fourth-order valence-electron chi connectivity index (χ4n) is 3.20. The van der Waals surface area contributed by atoms with E-state index in [2.05, 4.69) is 18.9 Å². The average Bonchev–Trinajstić information content (AvgIpc) is 3.03. The van der Waals surface area contributed by atoms with Crippen LogP contribution >= 0.6 is 11.8 Å². The number of β-lactam (4-membered cyclic amide) rings is 1. The zero-order valence-corrected chi connectivity index (χ0v) is 13.1. The number of carbonyl (C=O) groups excluding carboxylic acids is 1. The Labute approximate surface area is 131 Å². The van der Waals surface area contributed by atoms with Crippen molar-refractivity contribution < 1.29 is 14.7 Å². The van der Waals surface area contributed by atoms with Gasteiger partial charge in [-0.05, 0) is 24.0 Å². The Morgan fingerprint density at radius 1 is 1.55 bits per heavy atom. The predicted octanol–water partition coefficient (Wildman–Crippen LogP) is 1.69. The quantitative estimate of drug-likeness (QED) is 0.663. The van der Waals surface area contributed by atoms with E-state index in [0.29, 0.717) is 5.57 Å². The molecule has 4 rings (SSSR count). The number of fused-ring (bicyclic) bond motifs is 2. The first-order chi connectivity index (χ1) is 10.4. The fourth-order valence-corrected chi connectivity index (χ4v) is 4.32. The summed E-state index contributed by atoms with van der Waals surface area (Å²) in [4.78, 5) is 24.5. The van der Waals surface area contributed by atoms with Crippen LogP contribution in [0.25, 0.3) is 6.08 Å². The number of carboxylic acids is 1. The first kappa shape index (κ1) is 13.6. The van der Waals surface area contributed by atoms with E-state index in [4.69, 9.17) is 5.11 Å². The summed E-state index contributed by atoms with van der Waals surface area (Å²) in [5, 5.41) is 14.9. The summed E-state index contributed by atoms with van der Waals surface area (Å²) in [5.74, 6) is -1.30. The maximum atomic E-state index is 12.1. The van der Waals surface area contributed by atoms with Crippen molar-refractivity contribution in [3.8, 4) is 0 Å². The zero-order chi connectivity index (χ0) is 15.6. The van der Waals surface area contributed by atoms with Crippen LogP contribution in [0.3, 0.4) is 0 Å². The lowest BCUT2D eigenvalue weighted by molar-refractivity contribution is -0.141. The SMILES string of the molecule is CC1(C)Cc2cc(/C=C3\C(=O)N4C(C(=O)O)=CSC34)nn2C1. The van der Waals surface area contributed by atoms with E-state index in [-0.39, 0.29) is 22.4 Å². The van der Waals surface area contributed by atoms with E-state index >= 15 is 0 Å². The van der Waals surface area contributed by atoms with Crippen LogP contribution in [0.15, 0.2) is 22.7 Å². The topological polar surface area (TPSA) is 75.4 Å². The molecule has 1 fully saturated rings. The lowest BCUT2D eigenvalue weighted by Gasteiger charge is -2.36. The van der Waals surface area contributed by atoms with Crippen LogP contribution in [0.2, 0.25) is 0 Å². The van der Waals surface area contributed by atoms with Gasteiger partial charge in [0.25, 0.3) is 5.91 Å². The molecule has 6 nitrogen and oxygen atoms in total. The Morgan fingerprint density at radius 3 is 3.00 bits per heavy atom. The molecule has 0 aromatic carbocycles. The van der Waals surface area contributed by atoms with Gasteiger partial charge in [0, 0.05) is 17.6 Å². The van der Waals surface area contributed by atoms with Gasteiger partial charge in [-0.1, -0.05) is 13.8 Å². The highest BCUT2D eigenvalue weighted by Crippen LogP contribution is 2.45. The Kier molecular flexibility index (Phi) is 2.64. The minimum absolute atomic E-state index is 0.0613. The number of aliphatic carboxylic acids is 1. The second-order valence-corrected chi connectivity index (χ2v) is 7.59. The number of aromatic nitrogens is 2. The molecule has 22 heavy (non-hydrogen) atoms. The first-order valence-electron chi connectivity index (χ1n) is 7.06. The molecule has 1 atom stereocenters. The molecular weight excluding hydrogens is 302 g/mol.